The van der Waals surface area contributed by atoms with Gasteiger partial charge < -0.3 is 9.32 Å². The molecule has 3 aromatic rings. The van der Waals surface area contributed by atoms with E-state index >= 15 is 0 Å². The highest BCUT2D eigenvalue weighted by molar-refractivity contribution is 5.80. The van der Waals surface area contributed by atoms with Crippen LogP contribution in [0.15, 0.2) is 38.1 Å². The number of anilines is 1. The molecule has 7 nitrogen and oxygen atoms in total. The van der Waals surface area contributed by atoms with E-state index in [-0.39, 0.29) is 5.63 Å². The first-order valence-corrected chi connectivity index (χ1v) is 8.96. The fraction of sp³-hybridized carbons (Fsp3) is 0.421. The Kier molecular flexibility index (Phi) is 4.46. The van der Waals surface area contributed by atoms with Crippen LogP contribution in [0.25, 0.3) is 11.0 Å². The molecule has 3 heterocycles. The molecule has 0 unspecified atom stereocenters. The second-order valence-corrected chi connectivity index (χ2v) is 6.71. The van der Waals surface area contributed by atoms with Crippen molar-refractivity contribution >= 4 is 16.8 Å². The molecule has 0 spiro atoms. The summed E-state index contributed by atoms with van der Waals surface area (Å²) < 4.78 is 10.2. The van der Waals surface area contributed by atoms with E-state index < -0.39 is 0 Å². The van der Waals surface area contributed by atoms with Gasteiger partial charge in [0.1, 0.15) is 11.3 Å². The van der Waals surface area contributed by atoms with Gasteiger partial charge in [-0.2, -0.15) is 0 Å². The van der Waals surface area contributed by atoms with Crippen molar-refractivity contribution in [2.24, 2.45) is 0 Å². The van der Waals surface area contributed by atoms with E-state index in [4.69, 9.17) is 9.05 Å². The monoisotopic (exact) mass is 354 g/mol. The molecule has 1 aliphatic heterocycles. The topological polar surface area (TPSA) is 75.6 Å². The van der Waals surface area contributed by atoms with Crippen molar-refractivity contribution in [1.29, 1.82) is 0 Å². The Morgan fingerprint density at radius 2 is 1.92 bits per heavy atom. The highest BCUT2D eigenvalue weighted by atomic mass is 16.6. The molecule has 2 aromatic heterocycles. The van der Waals surface area contributed by atoms with Gasteiger partial charge in [-0.05, 0) is 41.8 Å². The highest BCUT2D eigenvalue weighted by Gasteiger charge is 2.22. The average molecular weight is 354 g/mol. The maximum atomic E-state index is 11.9. The Morgan fingerprint density at radius 1 is 1.12 bits per heavy atom. The maximum absolute atomic E-state index is 11.9. The van der Waals surface area contributed by atoms with Crippen molar-refractivity contribution in [3.05, 3.63) is 51.5 Å². The zero-order chi connectivity index (χ0) is 18.1. The summed E-state index contributed by atoms with van der Waals surface area (Å²) in [5, 5.41) is 8.87. The molecular weight excluding hydrogens is 332 g/mol. The SMILES string of the molecule is CCc1ccc2oc(=O)cc(CN3CCN(c4nonc4C)CC3)c2c1. The number of piperazine rings is 1. The summed E-state index contributed by atoms with van der Waals surface area (Å²) >= 11 is 0. The minimum atomic E-state index is -0.292. The van der Waals surface area contributed by atoms with Crippen LogP contribution in [-0.4, -0.2) is 41.4 Å². The zero-order valence-corrected chi connectivity index (χ0v) is 15.1. The van der Waals surface area contributed by atoms with Gasteiger partial charge in [-0.3, -0.25) is 4.90 Å². The van der Waals surface area contributed by atoms with Crippen molar-refractivity contribution in [2.75, 3.05) is 31.1 Å². The molecule has 0 atom stereocenters. The fourth-order valence-electron chi connectivity index (χ4n) is 3.50. The number of aromatic nitrogens is 2. The third-order valence-electron chi connectivity index (χ3n) is 5.00. The van der Waals surface area contributed by atoms with Gasteiger partial charge in [-0.25, -0.2) is 9.42 Å². The van der Waals surface area contributed by atoms with Crippen molar-refractivity contribution in [1.82, 2.24) is 15.2 Å². The first-order chi connectivity index (χ1) is 12.6. The van der Waals surface area contributed by atoms with Crippen LogP contribution in [0.3, 0.4) is 0 Å². The van der Waals surface area contributed by atoms with Crippen LogP contribution in [0.4, 0.5) is 5.82 Å². The molecule has 1 saturated heterocycles. The first kappa shape index (κ1) is 16.8. The Hall–Kier alpha value is -2.67. The lowest BCUT2D eigenvalue weighted by molar-refractivity contribution is 0.247. The predicted molar refractivity (Wildman–Crippen MR) is 98.4 cm³/mol. The van der Waals surface area contributed by atoms with Crippen LogP contribution in [0.1, 0.15) is 23.7 Å². The smallest absolute Gasteiger partial charge is 0.336 e. The van der Waals surface area contributed by atoms with E-state index in [0.717, 1.165) is 61.6 Å². The van der Waals surface area contributed by atoms with E-state index in [0.29, 0.717) is 5.58 Å². The number of rotatable bonds is 4. The molecule has 0 aliphatic carbocycles. The van der Waals surface area contributed by atoms with Crippen molar-refractivity contribution in [2.45, 2.75) is 26.8 Å². The van der Waals surface area contributed by atoms with Gasteiger partial charge in [0, 0.05) is 44.2 Å². The van der Waals surface area contributed by atoms with Crippen LogP contribution in [-0.2, 0) is 13.0 Å². The number of aryl methyl sites for hydroxylation is 2. The van der Waals surface area contributed by atoms with E-state index in [1.54, 1.807) is 6.07 Å². The minimum absolute atomic E-state index is 0.292. The Bertz CT molecular complexity index is 970. The summed E-state index contributed by atoms with van der Waals surface area (Å²) in [5.74, 6) is 0.822. The van der Waals surface area contributed by atoms with Crippen molar-refractivity contribution in [3.63, 3.8) is 0 Å². The third kappa shape index (κ3) is 3.22. The number of benzene rings is 1. The number of hydrogen-bond acceptors (Lipinski definition) is 7. The Balaban J connectivity index is 1.53. The van der Waals surface area contributed by atoms with Crippen LogP contribution >= 0.6 is 0 Å². The lowest BCUT2D eigenvalue weighted by atomic mass is 10.0. The molecule has 4 rings (SSSR count). The van der Waals surface area contributed by atoms with Crippen molar-refractivity contribution < 1.29 is 9.05 Å². The van der Waals surface area contributed by atoms with E-state index in [1.807, 2.05) is 19.1 Å². The van der Waals surface area contributed by atoms with Gasteiger partial charge in [0.15, 0.2) is 5.82 Å². The predicted octanol–water partition coefficient (Wildman–Crippen LogP) is 2.37. The van der Waals surface area contributed by atoms with Gasteiger partial charge in [0.05, 0.1) is 0 Å². The van der Waals surface area contributed by atoms with Crippen LogP contribution < -0.4 is 10.5 Å². The summed E-state index contributed by atoms with van der Waals surface area (Å²) in [6.45, 7) is 8.25. The van der Waals surface area contributed by atoms with E-state index in [2.05, 4.69) is 33.1 Å². The van der Waals surface area contributed by atoms with Crippen LogP contribution in [0.2, 0.25) is 0 Å². The molecule has 7 heteroatoms. The van der Waals surface area contributed by atoms with Gasteiger partial charge >= 0.3 is 5.63 Å². The summed E-state index contributed by atoms with van der Waals surface area (Å²) in [7, 11) is 0. The Morgan fingerprint density at radius 3 is 2.62 bits per heavy atom. The number of hydrogen-bond donors (Lipinski definition) is 0. The summed E-state index contributed by atoms with van der Waals surface area (Å²) in [6.07, 6.45) is 0.957. The molecule has 1 aliphatic rings. The Labute approximate surface area is 151 Å². The van der Waals surface area contributed by atoms with E-state index in [1.165, 1.54) is 5.56 Å². The molecule has 0 radical (unpaired) electrons. The second kappa shape index (κ2) is 6.92. The quantitative estimate of drug-likeness (QED) is 0.666. The molecule has 136 valence electrons. The standard InChI is InChI=1S/C19H22N4O3/c1-3-14-4-5-17-16(10-14)15(11-18(24)25-17)12-22-6-8-23(9-7-22)19-13(2)20-26-21-19/h4-5,10-11H,3,6-9,12H2,1-2H3. The summed E-state index contributed by atoms with van der Waals surface area (Å²) in [4.78, 5) is 16.5. The normalized spacial score (nSPS) is 15.7. The van der Waals surface area contributed by atoms with Crippen LogP contribution in [0, 0.1) is 6.92 Å². The molecule has 1 aromatic carbocycles. The molecular formula is C19H22N4O3. The van der Waals surface area contributed by atoms with E-state index in [9.17, 15) is 4.79 Å². The average Bonchev–Trinajstić information content (AvgIpc) is 3.08. The second-order valence-electron chi connectivity index (χ2n) is 6.71. The van der Waals surface area contributed by atoms with Crippen molar-refractivity contribution in [3.8, 4) is 0 Å². The van der Waals surface area contributed by atoms with Gasteiger partial charge in [0.25, 0.3) is 0 Å². The molecule has 0 saturated carbocycles. The third-order valence-corrected chi connectivity index (χ3v) is 5.00. The fourth-order valence-corrected chi connectivity index (χ4v) is 3.50. The highest BCUT2D eigenvalue weighted by Crippen LogP contribution is 2.22. The zero-order valence-electron chi connectivity index (χ0n) is 15.1. The summed E-state index contributed by atoms with van der Waals surface area (Å²) in [5.41, 5.74) is 3.45. The van der Waals surface area contributed by atoms with Gasteiger partial charge in [-0.1, -0.05) is 18.1 Å². The molecule has 1 fully saturated rings. The molecule has 0 amide bonds. The van der Waals surface area contributed by atoms with Gasteiger partial charge in [0.2, 0.25) is 0 Å². The minimum Gasteiger partial charge on any atom is -0.423 e. The lowest BCUT2D eigenvalue weighted by Crippen LogP contribution is -2.46. The van der Waals surface area contributed by atoms with Gasteiger partial charge in [-0.15, -0.1) is 0 Å². The molecule has 0 bridgehead atoms. The van der Waals surface area contributed by atoms with Crippen LogP contribution in [0.5, 0.6) is 0 Å². The summed E-state index contributed by atoms with van der Waals surface area (Å²) in [6, 6.07) is 7.67. The molecule has 0 N–H and O–H groups in total. The number of nitrogens with zero attached hydrogens (tertiary/aromatic N) is 4. The molecule has 26 heavy (non-hydrogen) atoms. The first-order valence-electron chi connectivity index (χ1n) is 8.96. The maximum Gasteiger partial charge on any atom is 0.336 e. The number of fused-ring (bicyclic) bond motifs is 1. The largest absolute Gasteiger partial charge is 0.423 e. The lowest BCUT2D eigenvalue weighted by Gasteiger charge is -2.34.